The molecule has 0 saturated heterocycles. The number of hydrogen-bond donors (Lipinski definition) is 2. The van der Waals surface area contributed by atoms with Crippen molar-refractivity contribution in [2.45, 2.75) is 20.0 Å². The van der Waals surface area contributed by atoms with Crippen LogP contribution < -0.4 is 21.1 Å². The Morgan fingerprint density at radius 3 is 2.71 bits per heavy atom. The highest BCUT2D eigenvalue weighted by Gasteiger charge is 2.10. The Morgan fingerprint density at radius 1 is 1.53 bits per heavy atom. The van der Waals surface area contributed by atoms with E-state index in [4.69, 9.17) is 16.2 Å². The molecule has 0 aliphatic carbocycles. The van der Waals surface area contributed by atoms with Crippen LogP contribution >= 0.6 is 0 Å². The van der Waals surface area contributed by atoms with Gasteiger partial charge in [-0.15, -0.1) is 0 Å². The summed E-state index contributed by atoms with van der Waals surface area (Å²) in [6, 6.07) is 3.41. The predicted octanol–water partition coefficient (Wildman–Crippen LogP) is 0.372. The highest BCUT2D eigenvalue weighted by molar-refractivity contribution is 5.79. The van der Waals surface area contributed by atoms with Crippen molar-refractivity contribution in [3.05, 3.63) is 12.1 Å². The van der Waals surface area contributed by atoms with Crippen LogP contribution in [0, 0.1) is 0 Å². The SMILES string of the molecule is CC(C)Oc1nc(N(C)CC(N)=O)ccc1N. The van der Waals surface area contributed by atoms with E-state index in [1.807, 2.05) is 13.8 Å². The van der Waals surface area contributed by atoms with E-state index in [2.05, 4.69) is 4.98 Å². The fourth-order valence-electron chi connectivity index (χ4n) is 1.29. The Morgan fingerprint density at radius 2 is 2.18 bits per heavy atom. The topological polar surface area (TPSA) is 94.5 Å². The van der Waals surface area contributed by atoms with E-state index in [0.29, 0.717) is 17.4 Å². The molecule has 0 fully saturated rings. The third-order valence-electron chi connectivity index (χ3n) is 2.01. The predicted molar refractivity (Wildman–Crippen MR) is 66.9 cm³/mol. The van der Waals surface area contributed by atoms with Gasteiger partial charge in [-0.1, -0.05) is 0 Å². The lowest BCUT2D eigenvalue weighted by atomic mass is 10.3. The van der Waals surface area contributed by atoms with E-state index < -0.39 is 5.91 Å². The number of likely N-dealkylation sites (N-methyl/N-ethyl adjacent to an activating group) is 1. The molecule has 6 heteroatoms. The Hall–Kier alpha value is -1.98. The minimum Gasteiger partial charge on any atom is -0.473 e. The molecule has 1 amide bonds. The van der Waals surface area contributed by atoms with Gasteiger partial charge >= 0.3 is 0 Å². The van der Waals surface area contributed by atoms with E-state index >= 15 is 0 Å². The van der Waals surface area contributed by atoms with E-state index in [9.17, 15) is 4.79 Å². The zero-order valence-corrected chi connectivity index (χ0v) is 10.3. The van der Waals surface area contributed by atoms with Gasteiger partial charge in [0.2, 0.25) is 11.8 Å². The number of pyridine rings is 1. The lowest BCUT2D eigenvalue weighted by Crippen LogP contribution is -2.31. The third kappa shape index (κ3) is 3.82. The van der Waals surface area contributed by atoms with Crippen molar-refractivity contribution in [3.63, 3.8) is 0 Å². The first-order valence-electron chi connectivity index (χ1n) is 5.32. The number of carbonyl (C=O) groups is 1. The molecule has 1 aromatic heterocycles. The summed E-state index contributed by atoms with van der Waals surface area (Å²) in [4.78, 5) is 16.7. The van der Waals surface area contributed by atoms with E-state index in [-0.39, 0.29) is 12.6 Å². The molecule has 0 bridgehead atoms. The maximum absolute atomic E-state index is 10.8. The van der Waals surface area contributed by atoms with Gasteiger partial charge in [0.05, 0.1) is 18.3 Å². The quantitative estimate of drug-likeness (QED) is 0.773. The van der Waals surface area contributed by atoms with Crippen molar-refractivity contribution in [1.29, 1.82) is 0 Å². The molecule has 6 nitrogen and oxygen atoms in total. The van der Waals surface area contributed by atoms with Crippen molar-refractivity contribution in [2.75, 3.05) is 24.2 Å². The van der Waals surface area contributed by atoms with Crippen LogP contribution in [0.25, 0.3) is 0 Å². The van der Waals surface area contributed by atoms with Crippen LogP contribution in [-0.4, -0.2) is 30.6 Å². The number of aromatic nitrogens is 1. The summed E-state index contributed by atoms with van der Waals surface area (Å²) in [7, 11) is 1.72. The van der Waals surface area contributed by atoms with Gasteiger partial charge in [-0.25, -0.2) is 0 Å². The van der Waals surface area contributed by atoms with Gasteiger partial charge in [0.25, 0.3) is 0 Å². The third-order valence-corrected chi connectivity index (χ3v) is 2.01. The van der Waals surface area contributed by atoms with Crippen LogP contribution in [0.3, 0.4) is 0 Å². The van der Waals surface area contributed by atoms with Crippen LogP contribution in [-0.2, 0) is 4.79 Å². The summed E-state index contributed by atoms with van der Waals surface area (Å²) in [6.07, 6.45) is -0.0125. The maximum Gasteiger partial charge on any atom is 0.239 e. The molecule has 1 rings (SSSR count). The molecule has 0 atom stereocenters. The molecule has 1 heterocycles. The highest BCUT2D eigenvalue weighted by atomic mass is 16.5. The molecule has 94 valence electrons. The van der Waals surface area contributed by atoms with Crippen molar-refractivity contribution in [1.82, 2.24) is 4.98 Å². The van der Waals surface area contributed by atoms with Gasteiger partial charge in [-0.05, 0) is 26.0 Å². The summed E-state index contributed by atoms with van der Waals surface area (Å²) in [5, 5.41) is 0. The normalized spacial score (nSPS) is 10.4. The number of carbonyl (C=O) groups excluding carboxylic acids is 1. The molecular formula is C11H18N4O2. The van der Waals surface area contributed by atoms with Gasteiger partial charge in [0.15, 0.2) is 0 Å². The van der Waals surface area contributed by atoms with Crippen molar-refractivity contribution in [2.24, 2.45) is 5.73 Å². The molecule has 0 radical (unpaired) electrons. The Kier molecular flexibility index (Phi) is 4.14. The number of ether oxygens (including phenoxy) is 1. The molecule has 17 heavy (non-hydrogen) atoms. The smallest absolute Gasteiger partial charge is 0.239 e. The molecule has 0 unspecified atom stereocenters. The van der Waals surface area contributed by atoms with Gasteiger partial charge < -0.3 is 21.1 Å². The molecular weight excluding hydrogens is 220 g/mol. The lowest BCUT2D eigenvalue weighted by Gasteiger charge is -2.18. The zero-order valence-electron chi connectivity index (χ0n) is 10.3. The first kappa shape index (κ1) is 13.1. The van der Waals surface area contributed by atoms with E-state index in [1.165, 1.54) is 0 Å². The highest BCUT2D eigenvalue weighted by Crippen LogP contribution is 2.23. The van der Waals surface area contributed by atoms with Crippen molar-refractivity contribution >= 4 is 17.4 Å². The minimum atomic E-state index is -0.419. The van der Waals surface area contributed by atoms with Crippen molar-refractivity contribution < 1.29 is 9.53 Å². The number of nitrogens with two attached hydrogens (primary N) is 2. The minimum absolute atomic E-state index is 0.0125. The number of rotatable bonds is 5. The Labute approximate surface area is 101 Å². The summed E-state index contributed by atoms with van der Waals surface area (Å²) >= 11 is 0. The zero-order chi connectivity index (χ0) is 13.0. The largest absolute Gasteiger partial charge is 0.473 e. The second-order valence-electron chi connectivity index (χ2n) is 4.05. The monoisotopic (exact) mass is 238 g/mol. The molecule has 4 N–H and O–H groups in total. The first-order chi connectivity index (χ1) is 7.90. The Bertz CT molecular complexity index is 406. The second-order valence-corrected chi connectivity index (χ2v) is 4.05. The number of nitrogen functional groups attached to an aromatic ring is 1. The molecule has 0 aromatic carbocycles. The summed E-state index contributed by atoms with van der Waals surface area (Å²) in [5.41, 5.74) is 11.3. The molecule has 0 aliphatic rings. The van der Waals surface area contributed by atoms with Crippen molar-refractivity contribution in [3.8, 4) is 5.88 Å². The fourth-order valence-corrected chi connectivity index (χ4v) is 1.29. The number of primary amides is 1. The lowest BCUT2D eigenvalue weighted by molar-refractivity contribution is -0.116. The first-order valence-corrected chi connectivity index (χ1v) is 5.32. The molecule has 0 aliphatic heterocycles. The fraction of sp³-hybridized carbons (Fsp3) is 0.455. The van der Waals surface area contributed by atoms with E-state index in [1.54, 1.807) is 24.1 Å². The van der Waals surface area contributed by atoms with Crippen LogP contribution in [0.1, 0.15) is 13.8 Å². The van der Waals surface area contributed by atoms with Crippen LogP contribution in [0.2, 0.25) is 0 Å². The maximum atomic E-state index is 10.8. The summed E-state index contributed by atoms with van der Waals surface area (Å²) in [5.74, 6) is 0.542. The molecule has 1 aromatic rings. The van der Waals surface area contributed by atoms with E-state index in [0.717, 1.165) is 0 Å². The average molecular weight is 238 g/mol. The number of nitrogens with zero attached hydrogens (tertiary/aromatic N) is 2. The average Bonchev–Trinajstić information content (AvgIpc) is 2.19. The van der Waals surface area contributed by atoms with Crippen LogP contribution in [0.4, 0.5) is 11.5 Å². The summed E-state index contributed by atoms with van der Waals surface area (Å²) < 4.78 is 5.46. The second kappa shape index (κ2) is 5.38. The number of hydrogen-bond acceptors (Lipinski definition) is 5. The Balaban J connectivity index is 2.91. The van der Waals surface area contributed by atoms with Gasteiger partial charge in [-0.2, -0.15) is 4.98 Å². The van der Waals surface area contributed by atoms with Gasteiger partial charge in [0.1, 0.15) is 5.82 Å². The van der Waals surface area contributed by atoms with Crippen LogP contribution in [0.5, 0.6) is 5.88 Å². The van der Waals surface area contributed by atoms with Gasteiger partial charge in [-0.3, -0.25) is 4.79 Å². The number of anilines is 2. The summed E-state index contributed by atoms with van der Waals surface area (Å²) in [6.45, 7) is 3.87. The van der Waals surface area contributed by atoms with Crippen LogP contribution in [0.15, 0.2) is 12.1 Å². The standard InChI is InChI=1S/C11H18N4O2/c1-7(2)17-11-8(12)4-5-10(14-11)15(3)6-9(13)16/h4-5,7H,6,12H2,1-3H3,(H2,13,16). The number of amides is 1. The molecule has 0 saturated carbocycles. The van der Waals surface area contributed by atoms with Gasteiger partial charge in [0, 0.05) is 7.05 Å². The molecule has 0 spiro atoms.